The first-order chi connectivity index (χ1) is 13.7. The van der Waals surface area contributed by atoms with Crippen LogP contribution in [0.3, 0.4) is 0 Å². The van der Waals surface area contributed by atoms with Crippen LogP contribution in [0.2, 0.25) is 0 Å². The van der Waals surface area contributed by atoms with Crippen molar-refractivity contribution < 1.29 is 13.2 Å². The van der Waals surface area contributed by atoms with Gasteiger partial charge in [-0.2, -0.15) is 0 Å². The molecule has 0 spiro atoms. The van der Waals surface area contributed by atoms with Crippen LogP contribution in [0.25, 0.3) is 0 Å². The molecule has 0 saturated carbocycles. The van der Waals surface area contributed by atoms with Crippen molar-refractivity contribution in [3.8, 4) is 0 Å². The number of amides is 1. The number of hydrogen-bond acceptors (Lipinski definition) is 4. The zero-order valence-electron chi connectivity index (χ0n) is 17.3. The van der Waals surface area contributed by atoms with Crippen molar-refractivity contribution in [1.82, 2.24) is 14.6 Å². The van der Waals surface area contributed by atoms with Crippen LogP contribution in [0.4, 0.5) is 0 Å². The van der Waals surface area contributed by atoms with Crippen LogP contribution in [0.15, 0.2) is 53.7 Å². The van der Waals surface area contributed by atoms with Crippen LogP contribution in [-0.2, 0) is 15.4 Å². The van der Waals surface area contributed by atoms with Crippen LogP contribution >= 0.6 is 0 Å². The summed E-state index contributed by atoms with van der Waals surface area (Å²) in [6, 6.07) is 10.6. The third-order valence-corrected chi connectivity index (χ3v) is 6.84. The third-order valence-electron chi connectivity index (χ3n) is 5.40. The molecule has 6 nitrogen and oxygen atoms in total. The van der Waals surface area contributed by atoms with E-state index in [1.807, 2.05) is 17.0 Å². The Hall–Kier alpha value is -2.25. The van der Waals surface area contributed by atoms with Gasteiger partial charge in [0.25, 0.3) is 5.91 Å². The average molecular weight is 416 g/mol. The highest BCUT2D eigenvalue weighted by Crippen LogP contribution is 2.24. The summed E-state index contributed by atoms with van der Waals surface area (Å²) < 4.78 is 28.0. The molecule has 1 aromatic heterocycles. The molecule has 0 unspecified atom stereocenters. The van der Waals surface area contributed by atoms with E-state index in [0.717, 1.165) is 18.4 Å². The molecule has 2 aromatic rings. The van der Waals surface area contributed by atoms with Crippen molar-refractivity contribution in [2.75, 3.05) is 19.6 Å². The Morgan fingerprint density at radius 3 is 2.34 bits per heavy atom. The minimum Gasteiger partial charge on any atom is -0.339 e. The summed E-state index contributed by atoms with van der Waals surface area (Å²) in [4.78, 5) is 18.6. The van der Waals surface area contributed by atoms with Gasteiger partial charge in [0.05, 0.1) is 10.5 Å². The fourth-order valence-electron chi connectivity index (χ4n) is 3.46. The van der Waals surface area contributed by atoms with Gasteiger partial charge in [0.15, 0.2) is 0 Å². The van der Waals surface area contributed by atoms with Gasteiger partial charge in [-0.3, -0.25) is 9.78 Å². The standard InChI is InChI=1S/C22H29N3O3S/c1-22(2,3)19-6-8-20(9-7-19)29(27,28)24-15-17-10-13-25(14-11-17)21(26)18-5-4-12-23-16-18/h4-9,12,16-17,24H,10-11,13-15H2,1-3H3. The molecule has 1 aliphatic heterocycles. The van der Waals surface area contributed by atoms with E-state index in [1.165, 1.54) is 0 Å². The number of nitrogens with one attached hydrogen (secondary N) is 1. The Morgan fingerprint density at radius 2 is 1.79 bits per heavy atom. The Morgan fingerprint density at radius 1 is 1.14 bits per heavy atom. The predicted molar refractivity (Wildman–Crippen MR) is 113 cm³/mol. The summed E-state index contributed by atoms with van der Waals surface area (Å²) in [7, 11) is -3.53. The molecule has 1 amide bonds. The number of carbonyl (C=O) groups is 1. The molecule has 0 radical (unpaired) electrons. The van der Waals surface area contributed by atoms with Crippen molar-refractivity contribution >= 4 is 15.9 Å². The van der Waals surface area contributed by atoms with Gasteiger partial charge in [-0.1, -0.05) is 32.9 Å². The molecule has 7 heteroatoms. The van der Waals surface area contributed by atoms with Gasteiger partial charge in [-0.15, -0.1) is 0 Å². The zero-order chi connectivity index (χ0) is 21.1. The van der Waals surface area contributed by atoms with E-state index in [1.54, 1.807) is 36.7 Å². The van der Waals surface area contributed by atoms with Crippen LogP contribution < -0.4 is 4.72 Å². The molecule has 3 rings (SSSR count). The normalized spacial score (nSPS) is 16.0. The lowest BCUT2D eigenvalue weighted by molar-refractivity contribution is 0.0691. The maximum Gasteiger partial charge on any atom is 0.255 e. The maximum absolute atomic E-state index is 12.6. The van der Waals surface area contributed by atoms with Crippen LogP contribution in [0.1, 0.15) is 49.5 Å². The fourth-order valence-corrected chi connectivity index (χ4v) is 4.57. The number of pyridine rings is 1. The van der Waals surface area contributed by atoms with Gasteiger partial charge in [-0.25, -0.2) is 13.1 Å². The van der Waals surface area contributed by atoms with Gasteiger partial charge in [0, 0.05) is 32.0 Å². The van der Waals surface area contributed by atoms with Crippen molar-refractivity contribution in [2.24, 2.45) is 5.92 Å². The molecule has 1 fully saturated rings. The summed E-state index contributed by atoms with van der Waals surface area (Å²) in [5, 5.41) is 0. The molecular formula is C22H29N3O3S. The molecule has 0 atom stereocenters. The van der Waals surface area contributed by atoms with E-state index in [-0.39, 0.29) is 22.1 Å². The molecule has 1 saturated heterocycles. The van der Waals surface area contributed by atoms with E-state index < -0.39 is 10.0 Å². The van der Waals surface area contributed by atoms with E-state index >= 15 is 0 Å². The van der Waals surface area contributed by atoms with Crippen molar-refractivity contribution in [3.63, 3.8) is 0 Å². The number of carbonyl (C=O) groups excluding carboxylic acids is 1. The summed E-state index contributed by atoms with van der Waals surface area (Å²) in [5.74, 6) is 0.202. The van der Waals surface area contributed by atoms with Gasteiger partial charge in [0.1, 0.15) is 0 Å². The highest BCUT2D eigenvalue weighted by atomic mass is 32.2. The maximum atomic E-state index is 12.6. The summed E-state index contributed by atoms with van der Waals surface area (Å²) in [5.41, 5.74) is 1.67. The van der Waals surface area contributed by atoms with Crippen molar-refractivity contribution in [3.05, 3.63) is 59.9 Å². The van der Waals surface area contributed by atoms with Gasteiger partial charge in [-0.05, 0) is 54.0 Å². The number of nitrogens with zero attached hydrogens (tertiary/aromatic N) is 2. The molecule has 29 heavy (non-hydrogen) atoms. The molecule has 156 valence electrons. The average Bonchev–Trinajstić information content (AvgIpc) is 2.72. The number of aromatic nitrogens is 1. The van der Waals surface area contributed by atoms with Crippen molar-refractivity contribution in [2.45, 2.75) is 43.9 Å². The first kappa shape index (κ1) is 21.5. The summed E-state index contributed by atoms with van der Waals surface area (Å²) in [6.45, 7) is 7.93. The highest BCUT2D eigenvalue weighted by molar-refractivity contribution is 7.89. The van der Waals surface area contributed by atoms with Crippen LogP contribution in [0, 0.1) is 5.92 Å². The zero-order valence-corrected chi connectivity index (χ0v) is 18.1. The van der Waals surface area contributed by atoms with Crippen LogP contribution in [0.5, 0.6) is 0 Å². The van der Waals surface area contributed by atoms with Gasteiger partial charge in [0.2, 0.25) is 10.0 Å². The number of rotatable bonds is 5. The van der Waals surface area contributed by atoms with Gasteiger partial charge < -0.3 is 4.90 Å². The molecule has 1 aliphatic rings. The lowest BCUT2D eigenvalue weighted by Gasteiger charge is -2.32. The Labute approximate surface area is 173 Å². The second-order valence-electron chi connectivity index (χ2n) is 8.60. The number of piperidine rings is 1. The topological polar surface area (TPSA) is 79.4 Å². The smallest absolute Gasteiger partial charge is 0.255 e. The first-order valence-corrected chi connectivity index (χ1v) is 11.4. The number of likely N-dealkylation sites (tertiary alicyclic amines) is 1. The number of hydrogen-bond donors (Lipinski definition) is 1. The fraction of sp³-hybridized carbons (Fsp3) is 0.455. The monoisotopic (exact) mass is 415 g/mol. The number of benzene rings is 1. The molecule has 0 aliphatic carbocycles. The minimum atomic E-state index is -3.53. The molecule has 2 heterocycles. The van der Waals surface area contributed by atoms with E-state index in [2.05, 4.69) is 30.5 Å². The Kier molecular flexibility index (Phi) is 6.39. The molecule has 0 bridgehead atoms. The lowest BCUT2D eigenvalue weighted by atomic mass is 9.87. The number of sulfonamides is 1. The minimum absolute atomic E-state index is 0.0169. The van der Waals surface area contributed by atoms with Crippen LogP contribution in [-0.4, -0.2) is 43.8 Å². The third kappa shape index (κ3) is 5.42. The molecule has 1 N–H and O–H groups in total. The quantitative estimate of drug-likeness (QED) is 0.813. The van der Waals surface area contributed by atoms with E-state index in [0.29, 0.717) is 25.2 Å². The van der Waals surface area contributed by atoms with E-state index in [4.69, 9.17) is 0 Å². The van der Waals surface area contributed by atoms with Gasteiger partial charge >= 0.3 is 0 Å². The largest absolute Gasteiger partial charge is 0.339 e. The molecular weight excluding hydrogens is 386 g/mol. The SMILES string of the molecule is CC(C)(C)c1ccc(S(=O)(=O)NCC2CCN(C(=O)c3cccnc3)CC2)cc1. The highest BCUT2D eigenvalue weighted by Gasteiger charge is 2.25. The summed E-state index contributed by atoms with van der Waals surface area (Å²) in [6.07, 6.45) is 4.77. The Bertz CT molecular complexity index is 928. The first-order valence-electron chi connectivity index (χ1n) is 9.96. The predicted octanol–water partition coefficient (Wildman–Crippen LogP) is 3.21. The molecule has 1 aromatic carbocycles. The second-order valence-corrected chi connectivity index (χ2v) is 10.4. The lowest BCUT2D eigenvalue weighted by Crippen LogP contribution is -2.41. The van der Waals surface area contributed by atoms with Crippen molar-refractivity contribution in [1.29, 1.82) is 0 Å². The van der Waals surface area contributed by atoms with E-state index in [9.17, 15) is 13.2 Å². The second kappa shape index (κ2) is 8.63. The summed E-state index contributed by atoms with van der Waals surface area (Å²) >= 11 is 0. The Balaban J connectivity index is 1.52.